The van der Waals surface area contributed by atoms with Crippen molar-refractivity contribution in [2.45, 2.75) is 25.3 Å². The molecule has 0 bridgehead atoms. The first-order chi connectivity index (χ1) is 9.98. The van der Waals surface area contributed by atoms with Gasteiger partial charge in [0.2, 0.25) is 0 Å². The van der Waals surface area contributed by atoms with E-state index in [2.05, 4.69) is 4.74 Å². The van der Waals surface area contributed by atoms with Gasteiger partial charge in [-0.25, -0.2) is 13.2 Å². The van der Waals surface area contributed by atoms with Gasteiger partial charge >= 0.3 is 12.3 Å². The number of alkyl halides is 3. The second-order valence-corrected chi connectivity index (χ2v) is 7.44. The van der Waals surface area contributed by atoms with Crippen LogP contribution < -0.4 is 4.74 Å². The Morgan fingerprint density at radius 3 is 2.27 bits per heavy atom. The molecular weight excluding hydrogens is 325 g/mol. The number of halogens is 3. The van der Waals surface area contributed by atoms with E-state index in [9.17, 15) is 26.4 Å². The molecule has 1 heterocycles. The summed E-state index contributed by atoms with van der Waals surface area (Å²) in [7, 11) is -3.23. The molecule has 0 saturated carbocycles. The molecule has 1 aromatic rings. The van der Waals surface area contributed by atoms with Crippen molar-refractivity contribution in [3.63, 3.8) is 0 Å². The predicted molar refractivity (Wildman–Crippen MR) is 70.2 cm³/mol. The Bertz CT molecular complexity index is 666. The van der Waals surface area contributed by atoms with Gasteiger partial charge < -0.3 is 9.47 Å². The molecule has 1 atom stereocenters. The summed E-state index contributed by atoms with van der Waals surface area (Å²) in [6.45, 7) is 1.51. The van der Waals surface area contributed by atoms with Crippen molar-refractivity contribution in [3.8, 4) is 5.75 Å². The average Bonchev–Trinajstić information content (AvgIpc) is 2.62. The number of esters is 1. The molecule has 1 aliphatic heterocycles. The fourth-order valence-corrected chi connectivity index (χ4v) is 4.16. The lowest BCUT2D eigenvalue weighted by Gasteiger charge is -2.22. The van der Waals surface area contributed by atoms with E-state index in [4.69, 9.17) is 4.74 Å². The molecule has 0 aliphatic carbocycles. The van der Waals surface area contributed by atoms with E-state index in [0.717, 1.165) is 24.3 Å². The Balaban J connectivity index is 2.05. The van der Waals surface area contributed by atoms with Crippen molar-refractivity contribution in [1.29, 1.82) is 0 Å². The minimum atomic E-state index is -4.81. The first-order valence-electron chi connectivity index (χ1n) is 6.28. The van der Waals surface area contributed by atoms with Crippen LogP contribution in [0.4, 0.5) is 13.2 Å². The highest BCUT2D eigenvalue weighted by atomic mass is 32.2. The lowest BCUT2D eigenvalue weighted by molar-refractivity contribution is -0.274. The predicted octanol–water partition coefficient (Wildman–Crippen LogP) is 2.32. The van der Waals surface area contributed by atoms with Gasteiger partial charge in [-0.05, 0) is 31.2 Å². The van der Waals surface area contributed by atoms with Gasteiger partial charge in [-0.15, -0.1) is 13.2 Å². The zero-order valence-corrected chi connectivity index (χ0v) is 12.3. The molecule has 5 nitrogen and oxygen atoms in total. The molecule has 1 fully saturated rings. The van der Waals surface area contributed by atoms with Crippen LogP contribution in [0.3, 0.4) is 0 Å². The molecule has 22 heavy (non-hydrogen) atoms. The van der Waals surface area contributed by atoms with Crippen molar-refractivity contribution in [2.75, 3.05) is 11.5 Å². The maximum absolute atomic E-state index is 12.0. The molecule has 0 radical (unpaired) electrons. The molecule has 0 spiro atoms. The van der Waals surface area contributed by atoms with Crippen molar-refractivity contribution < 1.29 is 35.9 Å². The first-order valence-corrected chi connectivity index (χ1v) is 8.10. The van der Waals surface area contributed by atoms with Crippen LogP contribution in [0.5, 0.6) is 5.75 Å². The number of sulfone groups is 1. The molecule has 0 amide bonds. The quantitative estimate of drug-likeness (QED) is 0.791. The van der Waals surface area contributed by atoms with Gasteiger partial charge in [-0.1, -0.05) is 0 Å². The number of carbonyl (C=O) groups is 1. The van der Waals surface area contributed by atoms with Gasteiger partial charge in [-0.2, -0.15) is 0 Å². The van der Waals surface area contributed by atoms with Crippen LogP contribution in [0.2, 0.25) is 0 Å². The van der Waals surface area contributed by atoms with Gasteiger partial charge in [-0.3, -0.25) is 0 Å². The van der Waals surface area contributed by atoms with Crippen LogP contribution >= 0.6 is 0 Å². The van der Waals surface area contributed by atoms with E-state index in [1.807, 2.05) is 0 Å². The largest absolute Gasteiger partial charge is 0.573 e. The van der Waals surface area contributed by atoms with E-state index in [1.165, 1.54) is 6.92 Å². The standard InChI is InChI=1S/C13H13F3O5S/c1-12(6-7-22(18,19)8-12)21-11(17)9-2-4-10(5-3-9)20-13(14,15)16/h2-5H,6-8H2,1H3/t12-/m0/s1. The summed E-state index contributed by atoms with van der Waals surface area (Å²) in [4.78, 5) is 11.9. The molecule has 0 N–H and O–H groups in total. The average molecular weight is 338 g/mol. The van der Waals surface area contributed by atoms with Gasteiger partial charge in [0, 0.05) is 6.42 Å². The monoisotopic (exact) mass is 338 g/mol. The number of rotatable bonds is 3. The fraction of sp³-hybridized carbons (Fsp3) is 0.462. The number of ether oxygens (including phenoxy) is 2. The molecule has 1 saturated heterocycles. The van der Waals surface area contributed by atoms with Gasteiger partial charge in [0.25, 0.3) is 0 Å². The van der Waals surface area contributed by atoms with Crippen LogP contribution in [0.1, 0.15) is 23.7 Å². The summed E-state index contributed by atoms with van der Waals surface area (Å²) < 4.78 is 67.8. The Kier molecular flexibility index (Phi) is 4.12. The van der Waals surface area contributed by atoms with E-state index >= 15 is 0 Å². The minimum Gasteiger partial charge on any atom is -0.455 e. The Labute approximate surface area is 124 Å². The Morgan fingerprint density at radius 1 is 1.23 bits per heavy atom. The van der Waals surface area contributed by atoms with Gasteiger partial charge in [0.1, 0.15) is 11.4 Å². The summed E-state index contributed by atoms with van der Waals surface area (Å²) >= 11 is 0. The van der Waals surface area contributed by atoms with Crippen molar-refractivity contribution in [1.82, 2.24) is 0 Å². The summed E-state index contributed by atoms with van der Waals surface area (Å²) in [5.41, 5.74) is -1.10. The maximum Gasteiger partial charge on any atom is 0.573 e. The molecule has 122 valence electrons. The molecular formula is C13H13F3O5S. The van der Waals surface area contributed by atoms with Gasteiger partial charge in [0.15, 0.2) is 9.84 Å². The molecule has 0 aromatic heterocycles. The molecule has 9 heteroatoms. The maximum atomic E-state index is 12.0. The highest BCUT2D eigenvalue weighted by Gasteiger charge is 2.41. The minimum absolute atomic E-state index is 0.0139. The number of benzene rings is 1. The van der Waals surface area contributed by atoms with E-state index in [1.54, 1.807) is 0 Å². The van der Waals surface area contributed by atoms with Gasteiger partial charge in [0.05, 0.1) is 17.1 Å². The highest BCUT2D eigenvalue weighted by molar-refractivity contribution is 7.91. The summed E-state index contributed by atoms with van der Waals surface area (Å²) in [6, 6.07) is 4.21. The normalized spacial score (nSPS) is 24.0. The molecule has 1 aromatic carbocycles. The SMILES string of the molecule is C[C@]1(OC(=O)c2ccc(OC(F)(F)F)cc2)CCS(=O)(=O)C1. The summed E-state index contributed by atoms with van der Waals surface area (Å²) in [6.07, 6.45) is -4.62. The van der Waals surface area contributed by atoms with E-state index in [0.29, 0.717) is 0 Å². The number of hydrogen-bond donors (Lipinski definition) is 0. The smallest absolute Gasteiger partial charge is 0.455 e. The topological polar surface area (TPSA) is 69.7 Å². The first kappa shape index (κ1) is 16.6. The van der Waals surface area contributed by atoms with E-state index in [-0.39, 0.29) is 23.5 Å². The molecule has 2 rings (SSSR count). The fourth-order valence-electron chi connectivity index (χ4n) is 2.14. The second-order valence-electron chi connectivity index (χ2n) is 5.25. The highest BCUT2D eigenvalue weighted by Crippen LogP contribution is 2.28. The van der Waals surface area contributed by atoms with Crippen LogP contribution in [0.25, 0.3) is 0 Å². The Morgan fingerprint density at radius 2 is 1.82 bits per heavy atom. The van der Waals surface area contributed by atoms with Crippen LogP contribution in [0, 0.1) is 0 Å². The third-order valence-corrected chi connectivity index (χ3v) is 5.01. The third kappa shape index (κ3) is 4.36. The Hall–Kier alpha value is -1.77. The van der Waals surface area contributed by atoms with Crippen molar-refractivity contribution in [2.24, 2.45) is 0 Å². The molecule has 1 aliphatic rings. The zero-order valence-electron chi connectivity index (χ0n) is 11.5. The third-order valence-electron chi connectivity index (χ3n) is 3.13. The lowest BCUT2D eigenvalue weighted by Crippen LogP contribution is -2.32. The van der Waals surface area contributed by atoms with Crippen LogP contribution in [-0.4, -0.2) is 37.9 Å². The second kappa shape index (κ2) is 5.45. The summed E-state index contributed by atoms with van der Waals surface area (Å²) in [5.74, 6) is -1.58. The zero-order chi connectivity index (χ0) is 16.6. The van der Waals surface area contributed by atoms with Crippen molar-refractivity contribution in [3.05, 3.63) is 29.8 Å². The van der Waals surface area contributed by atoms with Crippen LogP contribution in [0.15, 0.2) is 24.3 Å². The van der Waals surface area contributed by atoms with Crippen LogP contribution in [-0.2, 0) is 14.6 Å². The van der Waals surface area contributed by atoms with E-state index < -0.39 is 33.5 Å². The lowest BCUT2D eigenvalue weighted by atomic mass is 10.1. The molecule has 0 unspecified atom stereocenters. The summed E-state index contributed by atoms with van der Waals surface area (Å²) in [5, 5.41) is 0. The number of carbonyl (C=O) groups excluding carboxylic acids is 1. The van der Waals surface area contributed by atoms with Crippen molar-refractivity contribution >= 4 is 15.8 Å². The number of hydrogen-bond acceptors (Lipinski definition) is 5.